The quantitative estimate of drug-likeness (QED) is 0.546. The van der Waals surface area contributed by atoms with Gasteiger partial charge in [0.15, 0.2) is 0 Å². The fourth-order valence-electron chi connectivity index (χ4n) is 4.30. The predicted molar refractivity (Wildman–Crippen MR) is 118 cm³/mol. The lowest BCUT2D eigenvalue weighted by Crippen LogP contribution is -2.50. The van der Waals surface area contributed by atoms with Crippen molar-refractivity contribution >= 4 is 28.9 Å². The minimum atomic E-state index is -0.412. The highest BCUT2D eigenvalue weighted by atomic mass is 16.6. The van der Waals surface area contributed by atoms with Crippen molar-refractivity contribution in [3.05, 3.63) is 64.2 Å². The van der Waals surface area contributed by atoms with Crippen molar-refractivity contribution in [2.24, 2.45) is 5.92 Å². The van der Waals surface area contributed by atoms with E-state index in [0.717, 1.165) is 17.8 Å². The molecule has 0 saturated carbocycles. The van der Waals surface area contributed by atoms with Gasteiger partial charge in [-0.15, -0.1) is 0 Å². The van der Waals surface area contributed by atoms with Gasteiger partial charge in [0.25, 0.3) is 5.69 Å². The molecule has 162 valence electrons. The summed E-state index contributed by atoms with van der Waals surface area (Å²) in [6, 6.07) is 14.4. The maximum Gasteiger partial charge on any atom is 0.269 e. The highest BCUT2D eigenvalue weighted by Gasteiger charge is 2.38. The molecule has 0 aromatic heterocycles. The standard InChI is InChI=1S/C23H26N4O4/c1-2-17-4-3-5-21(14-17)26-16-18(15-22(26)28)23(29)25-12-10-24(11-13-25)19-6-8-20(9-7-19)27(30)31/h3-9,14,18H,2,10-13,15-16H2,1H3. The Morgan fingerprint density at radius 1 is 1.06 bits per heavy atom. The van der Waals surface area contributed by atoms with Crippen LogP contribution in [0.2, 0.25) is 0 Å². The van der Waals surface area contributed by atoms with Crippen LogP contribution in [-0.2, 0) is 16.0 Å². The first kappa shape index (κ1) is 20.8. The van der Waals surface area contributed by atoms with Crippen LogP contribution in [0.3, 0.4) is 0 Å². The minimum Gasteiger partial charge on any atom is -0.368 e. The second kappa shape index (κ2) is 8.75. The van der Waals surface area contributed by atoms with E-state index in [0.29, 0.717) is 32.7 Å². The number of nitro groups is 1. The molecule has 0 N–H and O–H groups in total. The third kappa shape index (κ3) is 4.38. The van der Waals surface area contributed by atoms with Gasteiger partial charge in [0, 0.05) is 62.7 Å². The molecular weight excluding hydrogens is 396 g/mol. The van der Waals surface area contributed by atoms with E-state index in [1.54, 1.807) is 17.0 Å². The highest BCUT2D eigenvalue weighted by molar-refractivity contribution is 6.00. The van der Waals surface area contributed by atoms with Crippen molar-refractivity contribution in [1.82, 2.24) is 4.90 Å². The Morgan fingerprint density at radius 3 is 2.42 bits per heavy atom. The van der Waals surface area contributed by atoms with E-state index in [-0.39, 0.29) is 29.8 Å². The van der Waals surface area contributed by atoms with Crippen LogP contribution < -0.4 is 9.80 Å². The van der Waals surface area contributed by atoms with Crippen LogP contribution in [0.5, 0.6) is 0 Å². The number of aryl methyl sites for hydroxylation is 1. The predicted octanol–water partition coefficient (Wildman–Crippen LogP) is 2.86. The van der Waals surface area contributed by atoms with Gasteiger partial charge in [0.05, 0.1) is 10.8 Å². The van der Waals surface area contributed by atoms with E-state index in [2.05, 4.69) is 11.8 Å². The Kier molecular flexibility index (Phi) is 5.88. The summed E-state index contributed by atoms with van der Waals surface area (Å²) in [4.78, 5) is 41.7. The number of nitro benzene ring substituents is 1. The molecule has 1 atom stereocenters. The average molecular weight is 422 g/mol. The molecule has 2 aromatic rings. The SMILES string of the molecule is CCc1cccc(N2CC(C(=O)N3CCN(c4ccc([N+](=O)[O-])cc4)CC3)CC2=O)c1. The van der Waals surface area contributed by atoms with Gasteiger partial charge in [-0.25, -0.2) is 0 Å². The number of hydrogen-bond acceptors (Lipinski definition) is 5. The van der Waals surface area contributed by atoms with Crippen molar-refractivity contribution < 1.29 is 14.5 Å². The first-order valence-corrected chi connectivity index (χ1v) is 10.6. The van der Waals surface area contributed by atoms with Gasteiger partial charge in [0.1, 0.15) is 0 Å². The van der Waals surface area contributed by atoms with E-state index in [9.17, 15) is 19.7 Å². The third-order valence-electron chi connectivity index (χ3n) is 6.12. The Bertz CT molecular complexity index is 983. The summed E-state index contributed by atoms with van der Waals surface area (Å²) in [7, 11) is 0. The summed E-state index contributed by atoms with van der Waals surface area (Å²) in [6.45, 7) is 4.97. The summed E-state index contributed by atoms with van der Waals surface area (Å²) in [5.41, 5.74) is 3.01. The normalized spacial score (nSPS) is 19.1. The largest absolute Gasteiger partial charge is 0.368 e. The lowest BCUT2D eigenvalue weighted by atomic mass is 10.1. The summed E-state index contributed by atoms with van der Waals surface area (Å²) in [5.74, 6) is -0.286. The summed E-state index contributed by atoms with van der Waals surface area (Å²) < 4.78 is 0. The topological polar surface area (TPSA) is 87.0 Å². The second-order valence-corrected chi connectivity index (χ2v) is 8.01. The van der Waals surface area contributed by atoms with Crippen molar-refractivity contribution in [2.45, 2.75) is 19.8 Å². The Hall–Kier alpha value is -3.42. The molecule has 31 heavy (non-hydrogen) atoms. The number of benzene rings is 2. The van der Waals surface area contributed by atoms with Gasteiger partial charge in [-0.05, 0) is 36.2 Å². The fraction of sp³-hybridized carbons (Fsp3) is 0.391. The summed E-state index contributed by atoms with van der Waals surface area (Å²) >= 11 is 0. The number of carbonyl (C=O) groups is 2. The van der Waals surface area contributed by atoms with Crippen molar-refractivity contribution in [1.29, 1.82) is 0 Å². The third-order valence-corrected chi connectivity index (χ3v) is 6.12. The van der Waals surface area contributed by atoms with Crippen molar-refractivity contribution in [3.63, 3.8) is 0 Å². The molecule has 4 rings (SSSR count). The number of anilines is 2. The molecule has 2 heterocycles. The van der Waals surface area contributed by atoms with E-state index in [1.165, 1.54) is 17.7 Å². The lowest BCUT2D eigenvalue weighted by molar-refractivity contribution is -0.384. The molecule has 8 nitrogen and oxygen atoms in total. The Morgan fingerprint density at radius 2 is 1.77 bits per heavy atom. The Labute approximate surface area is 181 Å². The maximum absolute atomic E-state index is 13.1. The average Bonchev–Trinajstić information content (AvgIpc) is 3.20. The highest BCUT2D eigenvalue weighted by Crippen LogP contribution is 2.28. The zero-order chi connectivity index (χ0) is 22.0. The number of rotatable bonds is 5. The molecular formula is C23H26N4O4. The first-order valence-electron chi connectivity index (χ1n) is 10.6. The molecule has 0 radical (unpaired) electrons. The zero-order valence-electron chi connectivity index (χ0n) is 17.6. The van der Waals surface area contributed by atoms with Crippen LogP contribution in [0.4, 0.5) is 17.1 Å². The van der Waals surface area contributed by atoms with Gasteiger partial charge in [-0.3, -0.25) is 19.7 Å². The number of nitrogens with zero attached hydrogens (tertiary/aromatic N) is 4. The molecule has 2 amide bonds. The molecule has 0 bridgehead atoms. The van der Waals surface area contributed by atoms with E-state index in [4.69, 9.17) is 0 Å². The number of hydrogen-bond donors (Lipinski definition) is 0. The number of amides is 2. The van der Waals surface area contributed by atoms with E-state index < -0.39 is 4.92 Å². The molecule has 0 aliphatic carbocycles. The van der Waals surface area contributed by atoms with Gasteiger partial charge < -0.3 is 14.7 Å². The zero-order valence-corrected chi connectivity index (χ0v) is 17.6. The van der Waals surface area contributed by atoms with Crippen LogP contribution in [0.15, 0.2) is 48.5 Å². The number of non-ortho nitro benzene ring substituents is 1. The molecule has 2 saturated heterocycles. The van der Waals surface area contributed by atoms with Crippen LogP contribution >= 0.6 is 0 Å². The lowest BCUT2D eigenvalue weighted by Gasteiger charge is -2.37. The second-order valence-electron chi connectivity index (χ2n) is 8.01. The van der Waals surface area contributed by atoms with Crippen LogP contribution in [0, 0.1) is 16.0 Å². The van der Waals surface area contributed by atoms with E-state index >= 15 is 0 Å². The van der Waals surface area contributed by atoms with E-state index in [1.807, 2.05) is 29.2 Å². The number of carbonyl (C=O) groups excluding carboxylic acids is 2. The molecule has 2 aliphatic rings. The molecule has 8 heteroatoms. The van der Waals surface area contributed by atoms with Crippen molar-refractivity contribution in [3.8, 4) is 0 Å². The molecule has 2 aliphatic heterocycles. The first-order chi connectivity index (χ1) is 15.0. The summed E-state index contributed by atoms with van der Waals surface area (Å²) in [5, 5.41) is 10.8. The Balaban J connectivity index is 1.35. The van der Waals surface area contributed by atoms with Gasteiger partial charge in [0.2, 0.25) is 11.8 Å². The summed E-state index contributed by atoms with van der Waals surface area (Å²) in [6.07, 6.45) is 1.15. The van der Waals surface area contributed by atoms with Crippen LogP contribution in [0.1, 0.15) is 18.9 Å². The van der Waals surface area contributed by atoms with Crippen LogP contribution in [0.25, 0.3) is 0 Å². The smallest absolute Gasteiger partial charge is 0.269 e. The molecule has 2 fully saturated rings. The fourth-order valence-corrected chi connectivity index (χ4v) is 4.30. The molecule has 1 unspecified atom stereocenters. The van der Waals surface area contributed by atoms with Crippen LogP contribution in [-0.4, -0.2) is 54.4 Å². The van der Waals surface area contributed by atoms with Crippen molar-refractivity contribution in [2.75, 3.05) is 42.5 Å². The maximum atomic E-state index is 13.1. The molecule has 0 spiro atoms. The minimum absolute atomic E-state index is 0.00359. The number of piperazine rings is 1. The van der Waals surface area contributed by atoms with Gasteiger partial charge in [-0.2, -0.15) is 0 Å². The molecule has 2 aromatic carbocycles. The van der Waals surface area contributed by atoms with Gasteiger partial charge >= 0.3 is 0 Å². The van der Waals surface area contributed by atoms with Gasteiger partial charge in [-0.1, -0.05) is 19.1 Å². The monoisotopic (exact) mass is 422 g/mol.